The average Bonchev–Trinajstić information content (AvgIpc) is 3.50. The van der Waals surface area contributed by atoms with Crippen molar-refractivity contribution in [3.63, 3.8) is 0 Å². The second-order valence-electron chi connectivity index (χ2n) is 7.22. The monoisotopic (exact) mass is 432 g/mol. The highest BCUT2D eigenvalue weighted by molar-refractivity contribution is 7.87. The summed E-state index contributed by atoms with van der Waals surface area (Å²) in [4.78, 5) is 17.2. The van der Waals surface area contributed by atoms with Crippen molar-refractivity contribution in [1.29, 1.82) is 0 Å². The van der Waals surface area contributed by atoms with Gasteiger partial charge in [0.2, 0.25) is 0 Å². The Labute approximate surface area is 173 Å². The van der Waals surface area contributed by atoms with Gasteiger partial charge in [-0.25, -0.2) is 14.7 Å². The summed E-state index contributed by atoms with van der Waals surface area (Å²) in [5, 5.41) is 6.28. The summed E-state index contributed by atoms with van der Waals surface area (Å²) in [6.45, 7) is 0.176. The maximum absolute atomic E-state index is 13.0. The van der Waals surface area contributed by atoms with Crippen molar-refractivity contribution in [1.82, 2.24) is 14.3 Å². The maximum Gasteiger partial charge on any atom is 0.352 e. The van der Waals surface area contributed by atoms with Crippen LogP contribution in [0.5, 0.6) is 0 Å². The second kappa shape index (κ2) is 7.87. The SMILES string of the molecule is NS(=O)(=O)NCCCc1nc(=O)n(-c2ccccc2Cl)c2cc(C3CC3)ccc12. The number of rotatable bonds is 7. The molecule has 152 valence electrons. The van der Waals surface area contributed by atoms with Gasteiger partial charge in [-0.05, 0) is 55.4 Å². The van der Waals surface area contributed by atoms with E-state index in [1.807, 2.05) is 24.3 Å². The summed E-state index contributed by atoms with van der Waals surface area (Å²) in [6, 6.07) is 13.3. The number of nitrogens with zero attached hydrogens (tertiary/aromatic N) is 2. The second-order valence-corrected chi connectivity index (χ2v) is 9.01. The Morgan fingerprint density at radius 3 is 2.66 bits per heavy atom. The number of para-hydroxylation sites is 1. The highest BCUT2D eigenvalue weighted by Crippen LogP contribution is 2.41. The van der Waals surface area contributed by atoms with Gasteiger partial charge in [-0.2, -0.15) is 13.4 Å². The first kappa shape index (κ1) is 20.0. The molecule has 29 heavy (non-hydrogen) atoms. The predicted molar refractivity (Wildman–Crippen MR) is 114 cm³/mol. The topological polar surface area (TPSA) is 107 Å². The van der Waals surface area contributed by atoms with Crippen LogP contribution in [0.2, 0.25) is 5.02 Å². The van der Waals surface area contributed by atoms with Gasteiger partial charge in [0, 0.05) is 11.9 Å². The molecule has 0 saturated heterocycles. The highest BCUT2D eigenvalue weighted by atomic mass is 35.5. The van der Waals surface area contributed by atoms with Crippen molar-refractivity contribution in [3.05, 3.63) is 69.2 Å². The lowest BCUT2D eigenvalue weighted by Gasteiger charge is -2.15. The van der Waals surface area contributed by atoms with Crippen LogP contribution in [-0.2, 0) is 16.6 Å². The van der Waals surface area contributed by atoms with E-state index in [0.717, 1.165) is 23.7 Å². The minimum atomic E-state index is -3.74. The lowest BCUT2D eigenvalue weighted by molar-refractivity contribution is 0.580. The molecule has 1 aromatic heterocycles. The molecule has 1 aliphatic carbocycles. The molecule has 0 spiro atoms. The number of nitrogens with two attached hydrogens (primary N) is 1. The van der Waals surface area contributed by atoms with Gasteiger partial charge >= 0.3 is 5.69 Å². The zero-order chi connectivity index (χ0) is 20.6. The van der Waals surface area contributed by atoms with Gasteiger partial charge in [0.25, 0.3) is 10.2 Å². The molecule has 4 rings (SSSR count). The van der Waals surface area contributed by atoms with Crippen LogP contribution < -0.4 is 15.6 Å². The number of hydrogen-bond acceptors (Lipinski definition) is 4. The van der Waals surface area contributed by atoms with Crippen LogP contribution in [0.25, 0.3) is 16.6 Å². The Morgan fingerprint density at radius 2 is 1.97 bits per heavy atom. The van der Waals surface area contributed by atoms with E-state index in [0.29, 0.717) is 35.2 Å². The summed E-state index contributed by atoms with van der Waals surface area (Å²) in [5.74, 6) is 0.532. The van der Waals surface area contributed by atoms with E-state index < -0.39 is 15.9 Å². The average molecular weight is 433 g/mol. The number of benzene rings is 2. The van der Waals surface area contributed by atoms with E-state index in [1.165, 1.54) is 5.56 Å². The molecule has 3 aromatic rings. The molecule has 1 saturated carbocycles. The molecule has 1 heterocycles. The third kappa shape index (κ3) is 4.51. The Bertz CT molecular complexity index is 1240. The highest BCUT2D eigenvalue weighted by Gasteiger charge is 2.24. The van der Waals surface area contributed by atoms with Gasteiger partial charge < -0.3 is 0 Å². The first-order chi connectivity index (χ1) is 13.8. The fourth-order valence-electron chi connectivity index (χ4n) is 3.50. The summed E-state index contributed by atoms with van der Waals surface area (Å²) >= 11 is 6.37. The van der Waals surface area contributed by atoms with Crippen molar-refractivity contribution >= 4 is 32.7 Å². The Morgan fingerprint density at radius 1 is 1.21 bits per heavy atom. The van der Waals surface area contributed by atoms with Gasteiger partial charge in [0.15, 0.2) is 0 Å². The standard InChI is InChI=1S/C20H21ClN4O3S/c21-16-4-1-2-6-18(16)25-19-12-14(13-7-8-13)9-10-15(19)17(24-20(25)26)5-3-11-23-29(22,27)28/h1-2,4,6,9-10,12-13,23H,3,5,7-8,11H2,(H2,22,27,28). The molecule has 1 fully saturated rings. The van der Waals surface area contributed by atoms with E-state index in [4.69, 9.17) is 16.7 Å². The van der Waals surface area contributed by atoms with E-state index in [1.54, 1.807) is 16.7 Å². The molecule has 7 nitrogen and oxygen atoms in total. The van der Waals surface area contributed by atoms with E-state index in [2.05, 4.69) is 15.8 Å². The fraction of sp³-hybridized carbons (Fsp3) is 0.300. The molecule has 0 bridgehead atoms. The van der Waals surface area contributed by atoms with Gasteiger partial charge in [-0.15, -0.1) is 0 Å². The van der Waals surface area contributed by atoms with Gasteiger partial charge in [0.1, 0.15) is 0 Å². The molecule has 0 aliphatic heterocycles. The van der Waals surface area contributed by atoms with Crippen molar-refractivity contribution < 1.29 is 8.42 Å². The van der Waals surface area contributed by atoms with E-state index in [9.17, 15) is 13.2 Å². The Hall–Kier alpha value is -2.26. The van der Waals surface area contributed by atoms with Gasteiger partial charge in [0.05, 0.1) is 21.9 Å². The van der Waals surface area contributed by atoms with Crippen molar-refractivity contribution in [2.24, 2.45) is 5.14 Å². The molecule has 2 aromatic carbocycles. The summed E-state index contributed by atoms with van der Waals surface area (Å²) in [6.07, 6.45) is 3.22. The molecule has 0 atom stereocenters. The Balaban J connectivity index is 1.80. The van der Waals surface area contributed by atoms with Crippen LogP contribution in [0.1, 0.15) is 36.4 Å². The third-order valence-electron chi connectivity index (χ3n) is 5.03. The van der Waals surface area contributed by atoms with Crippen LogP contribution in [-0.4, -0.2) is 24.5 Å². The zero-order valence-corrected chi connectivity index (χ0v) is 17.2. The molecule has 0 radical (unpaired) electrons. The minimum absolute atomic E-state index is 0.176. The predicted octanol–water partition coefficient (Wildman–Crippen LogP) is 2.64. The molecular weight excluding hydrogens is 412 g/mol. The van der Waals surface area contributed by atoms with Crippen LogP contribution in [0.15, 0.2) is 47.3 Å². The van der Waals surface area contributed by atoms with Crippen LogP contribution in [0, 0.1) is 0 Å². The quantitative estimate of drug-likeness (QED) is 0.559. The summed E-state index contributed by atoms with van der Waals surface area (Å²) in [5.41, 5.74) is 2.77. The first-order valence-corrected chi connectivity index (χ1v) is 11.3. The van der Waals surface area contributed by atoms with Gasteiger partial charge in [-0.3, -0.25) is 4.57 Å². The smallest absolute Gasteiger partial charge is 0.259 e. The molecule has 0 unspecified atom stereocenters. The molecular formula is C20H21ClN4O3S. The third-order valence-corrected chi connectivity index (χ3v) is 5.96. The number of fused-ring (bicyclic) bond motifs is 1. The van der Waals surface area contributed by atoms with E-state index >= 15 is 0 Å². The number of aromatic nitrogens is 2. The minimum Gasteiger partial charge on any atom is -0.259 e. The first-order valence-electron chi connectivity index (χ1n) is 9.41. The number of nitrogens with one attached hydrogen (secondary N) is 1. The number of aryl methyl sites for hydroxylation is 1. The van der Waals surface area contributed by atoms with Crippen molar-refractivity contribution in [3.8, 4) is 5.69 Å². The van der Waals surface area contributed by atoms with Crippen LogP contribution in [0.3, 0.4) is 0 Å². The molecule has 3 N–H and O–H groups in total. The largest absolute Gasteiger partial charge is 0.352 e. The molecule has 0 amide bonds. The lowest BCUT2D eigenvalue weighted by atomic mass is 10.0. The van der Waals surface area contributed by atoms with Crippen LogP contribution in [0.4, 0.5) is 0 Å². The molecule has 1 aliphatic rings. The van der Waals surface area contributed by atoms with Gasteiger partial charge in [-0.1, -0.05) is 35.9 Å². The Kier molecular flexibility index (Phi) is 5.44. The normalized spacial score (nSPS) is 14.4. The lowest BCUT2D eigenvalue weighted by Crippen LogP contribution is -2.31. The summed E-state index contributed by atoms with van der Waals surface area (Å²) < 4.78 is 25.9. The van der Waals surface area contributed by atoms with Crippen LogP contribution >= 0.6 is 11.6 Å². The fourth-order valence-corrected chi connectivity index (χ4v) is 4.15. The van der Waals surface area contributed by atoms with Crippen molar-refractivity contribution in [2.45, 2.75) is 31.6 Å². The van der Waals surface area contributed by atoms with E-state index in [-0.39, 0.29) is 6.54 Å². The summed E-state index contributed by atoms with van der Waals surface area (Å²) in [7, 11) is -3.74. The maximum atomic E-state index is 13.0. The zero-order valence-electron chi connectivity index (χ0n) is 15.6. The number of halogens is 1. The van der Waals surface area contributed by atoms with Crippen molar-refractivity contribution in [2.75, 3.05) is 6.54 Å². The number of hydrogen-bond donors (Lipinski definition) is 2. The molecule has 9 heteroatoms.